The van der Waals surface area contributed by atoms with Crippen molar-refractivity contribution in [2.75, 3.05) is 27.6 Å². The Bertz CT molecular complexity index is 1610. The van der Waals surface area contributed by atoms with Crippen molar-refractivity contribution in [3.8, 4) is 34.4 Å². The Morgan fingerprint density at radius 2 is 1.77 bits per heavy atom. The van der Waals surface area contributed by atoms with E-state index in [0.717, 1.165) is 41.9 Å². The van der Waals surface area contributed by atoms with Gasteiger partial charge in [-0.3, -0.25) is 4.57 Å². The summed E-state index contributed by atoms with van der Waals surface area (Å²) in [7, 11) is 3.22. The highest BCUT2D eigenvalue weighted by Gasteiger charge is 2.23. The molecule has 44 heavy (non-hydrogen) atoms. The molecule has 0 amide bonds. The first-order valence-corrected chi connectivity index (χ1v) is 14.8. The van der Waals surface area contributed by atoms with Crippen LogP contribution in [0.3, 0.4) is 0 Å². The molecule has 9 nitrogen and oxygen atoms in total. The van der Waals surface area contributed by atoms with Crippen molar-refractivity contribution in [1.82, 2.24) is 9.55 Å². The number of hydrogen-bond donors (Lipinski definition) is 0. The number of methoxy groups -OCH3 is 2. The minimum absolute atomic E-state index is 0.138. The number of aryl methyl sites for hydroxylation is 1. The Hall–Kier alpha value is -4.92. The van der Waals surface area contributed by atoms with Gasteiger partial charge in [-0.1, -0.05) is 43.7 Å². The number of fused-ring (bicyclic) bond motifs is 1. The van der Waals surface area contributed by atoms with Gasteiger partial charge in [-0.2, -0.15) is 0 Å². The standard InChI is InChI=1S/C35H38N2O7/c1-5-7-13-34-36-21-27(37(34)29-15-14-28(39-3)19-31(29)42-22-24-11-9-8-10-12-24)17-26(35(38)41-6-2)16-25-18-32-33(44-23-43-32)20-30(25)40-4/h8-12,14-15,17-21H,5-7,13,16,22-23H2,1-4H3. The first kappa shape index (κ1) is 30.5. The Morgan fingerprint density at radius 3 is 2.50 bits per heavy atom. The number of esters is 1. The molecule has 1 aromatic heterocycles. The first-order valence-electron chi connectivity index (χ1n) is 14.8. The normalized spacial score (nSPS) is 12.2. The van der Waals surface area contributed by atoms with E-state index in [2.05, 4.69) is 6.92 Å². The lowest BCUT2D eigenvalue weighted by Crippen LogP contribution is -2.12. The average Bonchev–Trinajstić information content (AvgIpc) is 3.68. The quantitative estimate of drug-likeness (QED) is 0.117. The maximum atomic E-state index is 13.4. The van der Waals surface area contributed by atoms with Crippen LogP contribution < -0.4 is 23.7 Å². The molecule has 9 heteroatoms. The molecule has 0 saturated heterocycles. The maximum Gasteiger partial charge on any atom is 0.334 e. The van der Waals surface area contributed by atoms with Crippen molar-refractivity contribution >= 4 is 12.0 Å². The number of rotatable bonds is 14. The van der Waals surface area contributed by atoms with E-state index in [9.17, 15) is 4.79 Å². The Balaban J connectivity index is 1.60. The maximum absolute atomic E-state index is 13.4. The number of benzene rings is 3. The van der Waals surface area contributed by atoms with E-state index in [1.807, 2.05) is 65.2 Å². The lowest BCUT2D eigenvalue weighted by Gasteiger charge is -2.18. The van der Waals surface area contributed by atoms with Crippen molar-refractivity contribution in [1.29, 1.82) is 0 Å². The van der Waals surface area contributed by atoms with Crippen molar-refractivity contribution in [3.05, 3.63) is 95.1 Å². The van der Waals surface area contributed by atoms with Gasteiger partial charge in [0.15, 0.2) is 11.5 Å². The fourth-order valence-corrected chi connectivity index (χ4v) is 5.04. The summed E-state index contributed by atoms with van der Waals surface area (Å²) in [5.41, 5.74) is 3.76. The van der Waals surface area contributed by atoms with Crippen molar-refractivity contribution in [2.24, 2.45) is 0 Å². The largest absolute Gasteiger partial charge is 0.497 e. The molecular weight excluding hydrogens is 560 g/mol. The first-order chi connectivity index (χ1) is 21.5. The van der Waals surface area contributed by atoms with Crippen molar-refractivity contribution in [3.63, 3.8) is 0 Å². The highest BCUT2D eigenvalue weighted by Crippen LogP contribution is 2.39. The summed E-state index contributed by atoms with van der Waals surface area (Å²) < 4.78 is 36.2. The van der Waals surface area contributed by atoms with Crippen LogP contribution in [0.15, 0.2) is 72.4 Å². The van der Waals surface area contributed by atoms with Gasteiger partial charge < -0.3 is 28.4 Å². The molecule has 0 bridgehead atoms. The lowest BCUT2D eigenvalue weighted by atomic mass is 10.0. The highest BCUT2D eigenvalue weighted by atomic mass is 16.7. The third kappa shape index (κ3) is 6.99. The van der Waals surface area contributed by atoms with Gasteiger partial charge in [-0.25, -0.2) is 9.78 Å². The summed E-state index contributed by atoms with van der Waals surface area (Å²) in [5, 5.41) is 0. The van der Waals surface area contributed by atoms with Gasteiger partial charge in [0.1, 0.15) is 29.7 Å². The zero-order valence-electron chi connectivity index (χ0n) is 25.6. The molecule has 5 rings (SSSR count). The van der Waals surface area contributed by atoms with Crippen LogP contribution in [-0.4, -0.2) is 43.1 Å². The number of carbonyl (C=O) groups is 1. The third-order valence-electron chi connectivity index (χ3n) is 7.28. The van der Waals surface area contributed by atoms with Gasteiger partial charge >= 0.3 is 5.97 Å². The Kier molecular flexibility index (Phi) is 10.1. The van der Waals surface area contributed by atoms with Crippen LogP contribution in [0.4, 0.5) is 0 Å². The predicted molar refractivity (Wildman–Crippen MR) is 167 cm³/mol. The van der Waals surface area contributed by atoms with Crippen LogP contribution in [0.2, 0.25) is 0 Å². The fourth-order valence-electron chi connectivity index (χ4n) is 5.04. The summed E-state index contributed by atoms with van der Waals surface area (Å²) in [4.78, 5) is 18.2. The van der Waals surface area contributed by atoms with Gasteiger partial charge in [0, 0.05) is 36.1 Å². The zero-order valence-corrected chi connectivity index (χ0v) is 25.6. The molecule has 0 saturated carbocycles. The molecule has 3 aromatic carbocycles. The number of unbranched alkanes of at least 4 members (excludes halogenated alkanes) is 1. The summed E-state index contributed by atoms with van der Waals surface area (Å²) in [6.07, 6.45) is 6.57. The number of imidazole rings is 1. The third-order valence-corrected chi connectivity index (χ3v) is 7.28. The van der Waals surface area contributed by atoms with Crippen LogP contribution in [0.1, 0.15) is 49.3 Å². The summed E-state index contributed by atoms with van der Waals surface area (Å²) in [5.74, 6) is 3.54. The topological polar surface area (TPSA) is 90.3 Å². The Labute approximate surface area is 257 Å². The van der Waals surface area contributed by atoms with Crippen LogP contribution in [0, 0.1) is 0 Å². The van der Waals surface area contributed by atoms with Crippen LogP contribution in [0.25, 0.3) is 11.8 Å². The average molecular weight is 599 g/mol. The molecular formula is C35H38N2O7. The van der Waals surface area contributed by atoms with Gasteiger partial charge in [0.25, 0.3) is 0 Å². The van der Waals surface area contributed by atoms with E-state index in [-0.39, 0.29) is 19.8 Å². The van der Waals surface area contributed by atoms with E-state index in [4.69, 9.17) is 33.4 Å². The minimum Gasteiger partial charge on any atom is -0.497 e. The summed E-state index contributed by atoms with van der Waals surface area (Å²) >= 11 is 0. The minimum atomic E-state index is -0.426. The molecule has 0 fully saturated rings. The number of carbonyl (C=O) groups excluding carboxylic acids is 1. The van der Waals surface area contributed by atoms with Crippen LogP contribution in [-0.2, 0) is 29.0 Å². The summed E-state index contributed by atoms with van der Waals surface area (Å²) in [6.45, 7) is 4.69. The molecule has 1 aliphatic heterocycles. The van der Waals surface area contributed by atoms with Gasteiger partial charge in [0.05, 0.1) is 38.4 Å². The molecule has 0 radical (unpaired) electrons. The van der Waals surface area contributed by atoms with Crippen molar-refractivity contribution in [2.45, 2.75) is 46.1 Å². The molecule has 4 aromatic rings. The van der Waals surface area contributed by atoms with Crippen LogP contribution in [0.5, 0.6) is 28.7 Å². The highest BCUT2D eigenvalue weighted by molar-refractivity contribution is 5.94. The van der Waals surface area contributed by atoms with E-state index in [1.165, 1.54) is 0 Å². The second kappa shape index (κ2) is 14.5. The zero-order chi connectivity index (χ0) is 30.9. The van der Waals surface area contributed by atoms with E-state index >= 15 is 0 Å². The second-order valence-electron chi connectivity index (χ2n) is 10.2. The van der Waals surface area contributed by atoms with Crippen LogP contribution >= 0.6 is 0 Å². The number of nitrogens with zero attached hydrogens (tertiary/aromatic N) is 2. The molecule has 0 aliphatic carbocycles. The molecule has 0 N–H and O–H groups in total. The Morgan fingerprint density at radius 1 is 0.977 bits per heavy atom. The number of hydrogen-bond acceptors (Lipinski definition) is 8. The van der Waals surface area contributed by atoms with E-state index in [0.29, 0.717) is 46.6 Å². The van der Waals surface area contributed by atoms with Gasteiger partial charge in [-0.15, -0.1) is 0 Å². The number of ether oxygens (including phenoxy) is 6. The fraction of sp³-hybridized carbons (Fsp3) is 0.314. The molecule has 0 spiro atoms. The molecule has 0 atom stereocenters. The predicted octanol–water partition coefficient (Wildman–Crippen LogP) is 6.73. The second-order valence-corrected chi connectivity index (χ2v) is 10.2. The van der Waals surface area contributed by atoms with Gasteiger partial charge in [0.2, 0.25) is 6.79 Å². The van der Waals surface area contributed by atoms with Crippen molar-refractivity contribution < 1.29 is 33.2 Å². The molecule has 0 unspecified atom stereocenters. The molecule has 1 aliphatic rings. The SMILES string of the molecule is CCCCc1ncc(C=C(Cc2cc3c(cc2OC)OCO3)C(=O)OCC)n1-c1ccc(OC)cc1OCc1ccccc1. The smallest absolute Gasteiger partial charge is 0.334 e. The van der Waals surface area contributed by atoms with E-state index in [1.54, 1.807) is 33.4 Å². The van der Waals surface area contributed by atoms with Gasteiger partial charge in [-0.05, 0) is 43.2 Å². The molecule has 2 heterocycles. The lowest BCUT2D eigenvalue weighted by molar-refractivity contribution is -0.138. The molecule has 230 valence electrons. The number of aromatic nitrogens is 2. The van der Waals surface area contributed by atoms with E-state index < -0.39 is 5.97 Å². The summed E-state index contributed by atoms with van der Waals surface area (Å²) in [6, 6.07) is 19.3. The monoisotopic (exact) mass is 598 g/mol.